The van der Waals surface area contributed by atoms with Crippen molar-refractivity contribution >= 4 is 5.91 Å². The Balaban J connectivity index is 1.41. The molecule has 0 aliphatic carbocycles. The summed E-state index contributed by atoms with van der Waals surface area (Å²) in [7, 11) is 0. The van der Waals surface area contributed by atoms with E-state index in [-0.39, 0.29) is 11.9 Å². The quantitative estimate of drug-likeness (QED) is 0.744. The number of piperidine rings is 2. The highest BCUT2D eigenvalue weighted by Gasteiger charge is 2.39. The van der Waals surface area contributed by atoms with Crippen molar-refractivity contribution in [3.8, 4) is 0 Å². The van der Waals surface area contributed by atoms with Gasteiger partial charge in [0, 0.05) is 32.1 Å². The van der Waals surface area contributed by atoms with Crippen LogP contribution in [0.1, 0.15) is 41.9 Å². The minimum atomic E-state index is -4.34. The van der Waals surface area contributed by atoms with Crippen LogP contribution in [0.4, 0.5) is 13.2 Å². The number of rotatable bonds is 4. The Labute approximate surface area is 168 Å². The van der Waals surface area contributed by atoms with Crippen molar-refractivity contribution in [3.05, 3.63) is 59.0 Å². The van der Waals surface area contributed by atoms with Gasteiger partial charge in [0.05, 0.1) is 12.1 Å². The molecule has 0 saturated carbocycles. The molecule has 0 radical (unpaired) electrons. The van der Waals surface area contributed by atoms with Crippen LogP contribution in [-0.4, -0.2) is 34.8 Å². The van der Waals surface area contributed by atoms with Gasteiger partial charge in [-0.25, -0.2) is 0 Å². The molecule has 29 heavy (non-hydrogen) atoms. The van der Waals surface area contributed by atoms with Crippen LogP contribution in [0.3, 0.4) is 0 Å². The molecule has 1 amide bonds. The molecule has 2 saturated heterocycles. The molecule has 0 unspecified atom stereocenters. The van der Waals surface area contributed by atoms with E-state index in [0.717, 1.165) is 61.7 Å². The molecule has 0 spiro atoms. The molecule has 2 atom stereocenters. The van der Waals surface area contributed by atoms with Crippen LogP contribution >= 0.6 is 0 Å². The Kier molecular flexibility index (Phi) is 5.42. The van der Waals surface area contributed by atoms with Crippen LogP contribution in [0.25, 0.3) is 0 Å². The smallest absolute Gasteiger partial charge is 0.416 e. The maximum atomic E-state index is 12.8. The zero-order chi connectivity index (χ0) is 20.6. The van der Waals surface area contributed by atoms with Crippen molar-refractivity contribution < 1.29 is 22.4 Å². The van der Waals surface area contributed by atoms with Crippen LogP contribution in [0.2, 0.25) is 0 Å². The van der Waals surface area contributed by atoms with Gasteiger partial charge in [0.2, 0.25) is 5.91 Å². The third-order valence-electron chi connectivity index (χ3n) is 6.04. The molecule has 1 aromatic carbocycles. The number of alkyl halides is 3. The zero-order valence-corrected chi connectivity index (χ0v) is 16.4. The molecule has 0 bridgehead atoms. The van der Waals surface area contributed by atoms with E-state index in [0.29, 0.717) is 18.9 Å². The third kappa shape index (κ3) is 4.50. The first-order valence-electron chi connectivity index (χ1n) is 10.0. The molecule has 2 aliphatic rings. The molecule has 4 rings (SSSR count). The second kappa shape index (κ2) is 7.86. The normalized spacial score (nSPS) is 23.3. The first kappa shape index (κ1) is 20.0. The molecule has 0 N–H and O–H groups in total. The monoisotopic (exact) mass is 406 g/mol. The van der Waals surface area contributed by atoms with Crippen molar-refractivity contribution in [2.75, 3.05) is 13.1 Å². The highest BCUT2D eigenvalue weighted by atomic mass is 19.4. The molecule has 2 aromatic rings. The van der Waals surface area contributed by atoms with E-state index in [1.54, 1.807) is 0 Å². The summed E-state index contributed by atoms with van der Waals surface area (Å²) in [6.45, 7) is 4.85. The number of hydrogen-bond donors (Lipinski definition) is 0. The maximum Gasteiger partial charge on any atom is 0.416 e. The van der Waals surface area contributed by atoms with Gasteiger partial charge in [-0.3, -0.25) is 9.69 Å². The molecular formula is C22H25F3N2O2. The van der Waals surface area contributed by atoms with Gasteiger partial charge in [-0.15, -0.1) is 0 Å². The zero-order valence-electron chi connectivity index (χ0n) is 16.4. The Morgan fingerprint density at radius 1 is 1.07 bits per heavy atom. The van der Waals surface area contributed by atoms with Crippen molar-refractivity contribution in [2.24, 2.45) is 5.92 Å². The number of fused-ring (bicyclic) bond motifs is 1. The largest absolute Gasteiger partial charge is 0.465 e. The highest BCUT2D eigenvalue weighted by Crippen LogP contribution is 2.34. The van der Waals surface area contributed by atoms with Crippen LogP contribution in [0, 0.1) is 12.8 Å². The van der Waals surface area contributed by atoms with Crippen LogP contribution in [0.15, 0.2) is 40.8 Å². The van der Waals surface area contributed by atoms with E-state index < -0.39 is 11.7 Å². The van der Waals surface area contributed by atoms with Gasteiger partial charge in [-0.1, -0.05) is 12.1 Å². The molecule has 7 heteroatoms. The van der Waals surface area contributed by atoms with Crippen LogP contribution in [0.5, 0.6) is 0 Å². The molecule has 4 nitrogen and oxygen atoms in total. The van der Waals surface area contributed by atoms with Crippen molar-refractivity contribution in [1.29, 1.82) is 0 Å². The number of nitrogens with zero attached hydrogens (tertiary/aromatic N) is 2. The number of carbonyl (C=O) groups is 1. The fourth-order valence-corrected chi connectivity index (χ4v) is 4.56. The highest BCUT2D eigenvalue weighted by molar-refractivity contribution is 5.77. The maximum absolute atomic E-state index is 12.8. The predicted octanol–water partition coefficient (Wildman–Crippen LogP) is 4.62. The van der Waals surface area contributed by atoms with Gasteiger partial charge in [0.15, 0.2) is 0 Å². The fourth-order valence-electron chi connectivity index (χ4n) is 4.56. The van der Waals surface area contributed by atoms with Crippen LogP contribution in [-0.2, 0) is 24.1 Å². The number of furan rings is 1. The molecule has 1 aromatic heterocycles. The van der Waals surface area contributed by atoms with E-state index >= 15 is 0 Å². The lowest BCUT2D eigenvalue weighted by Crippen LogP contribution is -2.55. The number of hydrogen-bond acceptors (Lipinski definition) is 3. The average Bonchev–Trinajstić information content (AvgIpc) is 3.08. The van der Waals surface area contributed by atoms with Gasteiger partial charge in [-0.05, 0) is 55.5 Å². The summed E-state index contributed by atoms with van der Waals surface area (Å²) in [5.74, 6) is 2.34. The summed E-state index contributed by atoms with van der Waals surface area (Å²) in [5.41, 5.74) is 0.0751. The second-order valence-corrected chi connectivity index (χ2v) is 8.12. The summed E-state index contributed by atoms with van der Waals surface area (Å²) in [6.07, 6.45) is -2.11. The van der Waals surface area contributed by atoms with E-state index in [2.05, 4.69) is 4.90 Å². The van der Waals surface area contributed by atoms with E-state index in [1.807, 2.05) is 24.0 Å². The van der Waals surface area contributed by atoms with Crippen molar-refractivity contribution in [2.45, 2.75) is 51.5 Å². The van der Waals surface area contributed by atoms with Gasteiger partial charge in [-0.2, -0.15) is 13.2 Å². The van der Waals surface area contributed by atoms with Crippen molar-refractivity contribution in [3.63, 3.8) is 0 Å². The van der Waals surface area contributed by atoms with Gasteiger partial charge >= 0.3 is 6.18 Å². The van der Waals surface area contributed by atoms with Gasteiger partial charge in [0.1, 0.15) is 11.5 Å². The number of carbonyl (C=O) groups excluding carboxylic acids is 1. The number of aryl methyl sites for hydroxylation is 1. The number of likely N-dealkylation sites (tertiary alicyclic amines) is 2. The lowest BCUT2D eigenvalue weighted by molar-refractivity contribution is -0.142. The summed E-state index contributed by atoms with van der Waals surface area (Å²) < 4.78 is 44.0. The minimum absolute atomic E-state index is 0.0984. The Morgan fingerprint density at radius 2 is 1.83 bits per heavy atom. The standard InChI is InChI=1S/C22H25F3N2O2/c1-15-2-8-19(29-15)14-26-11-10-20-17(13-26)5-9-21(28)27(20)12-16-3-6-18(7-4-16)22(23,24)25/h2-4,6-8,17,20H,5,9-14H2,1H3/t17-,20+/m1/s1. The number of halogens is 3. The van der Waals surface area contributed by atoms with Crippen molar-refractivity contribution in [1.82, 2.24) is 9.80 Å². The molecule has 3 heterocycles. The Bertz CT molecular complexity index is 860. The van der Waals surface area contributed by atoms with E-state index in [9.17, 15) is 18.0 Å². The molecular weight excluding hydrogens is 381 g/mol. The second-order valence-electron chi connectivity index (χ2n) is 8.12. The number of amides is 1. The first-order chi connectivity index (χ1) is 13.8. The SMILES string of the molecule is Cc1ccc(CN2CC[C@H]3[C@H](CCC(=O)N3Cc3ccc(C(F)(F)F)cc3)C2)o1. The average molecular weight is 406 g/mol. The predicted molar refractivity (Wildman–Crippen MR) is 102 cm³/mol. The molecule has 2 fully saturated rings. The topological polar surface area (TPSA) is 36.7 Å². The number of benzene rings is 1. The van der Waals surface area contributed by atoms with Gasteiger partial charge in [0.25, 0.3) is 0 Å². The Hall–Kier alpha value is -2.28. The van der Waals surface area contributed by atoms with Gasteiger partial charge < -0.3 is 9.32 Å². The lowest BCUT2D eigenvalue weighted by atomic mass is 9.83. The van der Waals surface area contributed by atoms with E-state index in [4.69, 9.17) is 4.42 Å². The summed E-state index contributed by atoms with van der Waals surface area (Å²) >= 11 is 0. The van der Waals surface area contributed by atoms with E-state index in [1.165, 1.54) is 12.1 Å². The first-order valence-corrected chi connectivity index (χ1v) is 10.0. The summed E-state index contributed by atoms with van der Waals surface area (Å²) in [6, 6.07) is 9.26. The minimum Gasteiger partial charge on any atom is -0.465 e. The third-order valence-corrected chi connectivity index (χ3v) is 6.04. The Morgan fingerprint density at radius 3 is 2.48 bits per heavy atom. The fraction of sp³-hybridized carbons (Fsp3) is 0.500. The molecule has 2 aliphatic heterocycles. The lowest BCUT2D eigenvalue weighted by Gasteiger charge is -2.47. The molecule has 156 valence electrons. The summed E-state index contributed by atoms with van der Waals surface area (Å²) in [5, 5.41) is 0. The summed E-state index contributed by atoms with van der Waals surface area (Å²) in [4.78, 5) is 16.8. The van der Waals surface area contributed by atoms with Crippen LogP contribution < -0.4 is 0 Å².